The van der Waals surface area contributed by atoms with Crippen molar-refractivity contribution in [3.05, 3.63) is 48.5 Å². The first-order chi connectivity index (χ1) is 9.74. The lowest BCUT2D eigenvalue weighted by Gasteiger charge is -2.07. The summed E-state index contributed by atoms with van der Waals surface area (Å²) in [6, 6.07) is 16.2. The summed E-state index contributed by atoms with van der Waals surface area (Å²) in [7, 11) is 0. The van der Waals surface area contributed by atoms with Gasteiger partial charge in [0.1, 0.15) is 5.75 Å². The van der Waals surface area contributed by atoms with Crippen molar-refractivity contribution < 1.29 is 4.74 Å². The van der Waals surface area contributed by atoms with Crippen molar-refractivity contribution >= 4 is 28.4 Å². The van der Waals surface area contributed by atoms with Gasteiger partial charge in [-0.15, -0.1) is 0 Å². The molecular weight excluding hydrogens is 268 g/mol. The van der Waals surface area contributed by atoms with Crippen LogP contribution in [0.1, 0.15) is 6.92 Å². The van der Waals surface area contributed by atoms with E-state index in [9.17, 15) is 0 Å². The van der Waals surface area contributed by atoms with Crippen molar-refractivity contribution in [3.63, 3.8) is 0 Å². The minimum atomic E-state index is 0.639. The van der Waals surface area contributed by atoms with Crippen LogP contribution in [0, 0.1) is 0 Å². The third kappa shape index (κ3) is 2.75. The smallest absolute Gasteiger partial charge is 0.122 e. The van der Waals surface area contributed by atoms with Crippen molar-refractivity contribution in [2.45, 2.75) is 16.8 Å². The normalized spacial score (nSPS) is 10.8. The molecule has 0 aliphatic carbocycles. The van der Waals surface area contributed by atoms with E-state index in [-0.39, 0.29) is 0 Å². The van der Waals surface area contributed by atoms with E-state index in [1.165, 1.54) is 5.39 Å². The molecule has 0 saturated heterocycles. The number of nitrogens with one attached hydrogen (secondary N) is 1. The van der Waals surface area contributed by atoms with E-state index in [2.05, 4.69) is 23.2 Å². The Labute approximate surface area is 122 Å². The fourth-order valence-electron chi connectivity index (χ4n) is 2.13. The van der Waals surface area contributed by atoms with Gasteiger partial charge in [0.25, 0.3) is 0 Å². The quantitative estimate of drug-likeness (QED) is 0.702. The second-order valence-corrected chi connectivity index (χ2v) is 5.61. The van der Waals surface area contributed by atoms with Crippen LogP contribution in [0.5, 0.6) is 5.75 Å². The molecule has 3 rings (SSSR count). The third-order valence-electron chi connectivity index (χ3n) is 2.95. The molecule has 20 heavy (non-hydrogen) atoms. The second-order valence-electron chi connectivity index (χ2n) is 4.49. The number of aromatic nitrogens is 1. The van der Waals surface area contributed by atoms with E-state index in [1.54, 1.807) is 11.8 Å². The highest BCUT2D eigenvalue weighted by Crippen LogP contribution is 2.33. The highest BCUT2D eigenvalue weighted by Gasteiger charge is 2.05. The zero-order valence-corrected chi connectivity index (χ0v) is 12.0. The Morgan fingerprint density at radius 1 is 1.15 bits per heavy atom. The molecule has 0 unspecified atom stereocenters. The predicted octanol–water partition coefficient (Wildman–Crippen LogP) is 4.30. The molecule has 4 heteroatoms. The molecule has 0 saturated carbocycles. The van der Waals surface area contributed by atoms with Crippen molar-refractivity contribution in [3.8, 4) is 5.75 Å². The SMILES string of the molecule is CCOc1cc(N)cc(Sc2cc3ccccc3[nH]2)c1. The number of para-hydroxylation sites is 1. The van der Waals surface area contributed by atoms with E-state index in [4.69, 9.17) is 10.5 Å². The summed E-state index contributed by atoms with van der Waals surface area (Å²) in [5.41, 5.74) is 7.77. The summed E-state index contributed by atoms with van der Waals surface area (Å²) in [4.78, 5) is 4.47. The van der Waals surface area contributed by atoms with E-state index in [0.29, 0.717) is 6.61 Å². The largest absolute Gasteiger partial charge is 0.494 e. The molecule has 0 aliphatic rings. The minimum Gasteiger partial charge on any atom is -0.494 e. The maximum Gasteiger partial charge on any atom is 0.122 e. The third-order valence-corrected chi connectivity index (χ3v) is 3.86. The summed E-state index contributed by atoms with van der Waals surface area (Å²) < 4.78 is 5.52. The van der Waals surface area contributed by atoms with Crippen LogP contribution in [0.2, 0.25) is 0 Å². The van der Waals surface area contributed by atoms with Gasteiger partial charge in [-0.25, -0.2) is 0 Å². The average Bonchev–Trinajstić information content (AvgIpc) is 2.80. The molecule has 0 radical (unpaired) electrons. The summed E-state index contributed by atoms with van der Waals surface area (Å²) in [5, 5.41) is 2.31. The summed E-state index contributed by atoms with van der Waals surface area (Å²) >= 11 is 1.65. The van der Waals surface area contributed by atoms with E-state index < -0.39 is 0 Å². The highest BCUT2D eigenvalue weighted by atomic mass is 32.2. The van der Waals surface area contributed by atoms with Crippen LogP contribution in [0.15, 0.2) is 58.5 Å². The van der Waals surface area contributed by atoms with Gasteiger partial charge in [-0.05, 0) is 31.2 Å². The van der Waals surface area contributed by atoms with Crippen molar-refractivity contribution in [2.24, 2.45) is 0 Å². The first kappa shape index (κ1) is 12.9. The van der Waals surface area contributed by atoms with Crippen LogP contribution in [0.4, 0.5) is 5.69 Å². The van der Waals surface area contributed by atoms with E-state index >= 15 is 0 Å². The average molecular weight is 284 g/mol. The lowest BCUT2D eigenvalue weighted by molar-refractivity contribution is 0.339. The van der Waals surface area contributed by atoms with Crippen LogP contribution in [-0.4, -0.2) is 11.6 Å². The van der Waals surface area contributed by atoms with Gasteiger partial charge < -0.3 is 15.5 Å². The van der Waals surface area contributed by atoms with Gasteiger partial charge in [0.05, 0.1) is 11.6 Å². The molecule has 3 aromatic rings. The first-order valence-corrected chi connectivity index (χ1v) is 7.35. The summed E-state index contributed by atoms with van der Waals surface area (Å²) in [5.74, 6) is 0.811. The van der Waals surface area contributed by atoms with Crippen molar-refractivity contribution in [1.82, 2.24) is 4.98 Å². The Morgan fingerprint density at radius 3 is 2.80 bits per heavy atom. The molecule has 1 heterocycles. The molecule has 2 aromatic carbocycles. The molecule has 0 amide bonds. The summed E-state index contributed by atoms with van der Waals surface area (Å²) in [6.07, 6.45) is 0. The molecule has 0 atom stereocenters. The predicted molar refractivity (Wildman–Crippen MR) is 84.4 cm³/mol. The molecule has 3 N–H and O–H groups in total. The van der Waals surface area contributed by atoms with Gasteiger partial charge in [0.15, 0.2) is 0 Å². The highest BCUT2D eigenvalue weighted by molar-refractivity contribution is 7.99. The Bertz CT molecular complexity index is 703. The van der Waals surface area contributed by atoms with Crippen LogP contribution in [0.3, 0.4) is 0 Å². The maximum atomic E-state index is 5.91. The number of benzene rings is 2. The van der Waals surface area contributed by atoms with Gasteiger partial charge in [-0.2, -0.15) is 0 Å². The monoisotopic (exact) mass is 284 g/mol. The van der Waals surface area contributed by atoms with Gasteiger partial charge in [-0.3, -0.25) is 0 Å². The number of aromatic amines is 1. The Kier molecular flexibility index (Phi) is 3.56. The molecule has 0 bridgehead atoms. The van der Waals surface area contributed by atoms with E-state index in [0.717, 1.165) is 26.9 Å². The molecule has 0 aliphatic heterocycles. The Hall–Kier alpha value is -2.07. The number of fused-ring (bicyclic) bond motifs is 1. The number of hydrogen-bond acceptors (Lipinski definition) is 3. The van der Waals surface area contributed by atoms with Crippen LogP contribution in [0.25, 0.3) is 10.9 Å². The minimum absolute atomic E-state index is 0.639. The van der Waals surface area contributed by atoms with Gasteiger partial charge in [0.2, 0.25) is 0 Å². The molecule has 0 spiro atoms. The van der Waals surface area contributed by atoms with Crippen LogP contribution < -0.4 is 10.5 Å². The van der Waals surface area contributed by atoms with E-state index in [1.807, 2.05) is 37.3 Å². The topological polar surface area (TPSA) is 51.0 Å². The maximum absolute atomic E-state index is 5.91. The lowest BCUT2D eigenvalue weighted by atomic mass is 10.3. The fraction of sp³-hybridized carbons (Fsp3) is 0.125. The number of H-pyrrole nitrogens is 1. The number of nitrogen functional groups attached to an aromatic ring is 1. The first-order valence-electron chi connectivity index (χ1n) is 6.53. The van der Waals surface area contributed by atoms with Crippen LogP contribution >= 0.6 is 11.8 Å². The fourth-order valence-corrected chi connectivity index (χ4v) is 3.10. The number of rotatable bonds is 4. The van der Waals surface area contributed by atoms with Gasteiger partial charge >= 0.3 is 0 Å². The standard InChI is InChI=1S/C16H16N2OS/c1-2-19-13-8-12(17)9-14(10-13)20-16-7-11-5-3-4-6-15(11)18-16/h3-10,18H,2,17H2,1H3. The molecule has 0 fully saturated rings. The molecule has 1 aromatic heterocycles. The number of ether oxygens (including phenoxy) is 1. The lowest BCUT2D eigenvalue weighted by Crippen LogP contribution is -1.93. The number of nitrogens with two attached hydrogens (primary N) is 1. The second kappa shape index (κ2) is 5.51. The summed E-state index contributed by atoms with van der Waals surface area (Å²) in [6.45, 7) is 2.60. The molecule has 102 valence electrons. The zero-order valence-electron chi connectivity index (χ0n) is 11.2. The zero-order chi connectivity index (χ0) is 13.9. The Morgan fingerprint density at radius 2 is 2.00 bits per heavy atom. The number of anilines is 1. The number of hydrogen-bond donors (Lipinski definition) is 2. The van der Waals surface area contributed by atoms with Crippen molar-refractivity contribution in [2.75, 3.05) is 12.3 Å². The van der Waals surface area contributed by atoms with Crippen LogP contribution in [-0.2, 0) is 0 Å². The van der Waals surface area contributed by atoms with Gasteiger partial charge in [-0.1, -0.05) is 30.0 Å². The molecule has 3 nitrogen and oxygen atoms in total. The molecular formula is C16H16N2OS. The van der Waals surface area contributed by atoms with Crippen molar-refractivity contribution in [1.29, 1.82) is 0 Å². The Balaban J connectivity index is 1.90. The van der Waals surface area contributed by atoms with Gasteiger partial charge in [0, 0.05) is 27.6 Å².